The van der Waals surface area contributed by atoms with Crippen LogP contribution in [0.1, 0.15) is 57.6 Å². The lowest BCUT2D eigenvalue weighted by Crippen LogP contribution is -2.40. The molecule has 3 nitrogen and oxygen atoms in total. The Bertz CT molecular complexity index is 573. The molecule has 134 valence electrons. The summed E-state index contributed by atoms with van der Waals surface area (Å²) in [4.78, 5) is 13.2. The van der Waals surface area contributed by atoms with E-state index in [0.717, 1.165) is 43.5 Å². The molecular weight excluding hydrogens is 322 g/mol. The molecule has 1 aromatic carbocycles. The predicted octanol–water partition coefficient (Wildman–Crippen LogP) is 4.60. The third kappa shape index (κ3) is 4.59. The summed E-state index contributed by atoms with van der Waals surface area (Å²) < 4.78 is 6.04. The predicted molar refractivity (Wildman–Crippen MR) is 99.7 cm³/mol. The van der Waals surface area contributed by atoms with Crippen molar-refractivity contribution < 1.29 is 9.53 Å². The van der Waals surface area contributed by atoms with Crippen LogP contribution in [0.3, 0.4) is 0 Å². The second-order valence-electron chi connectivity index (χ2n) is 7.69. The number of hydrogen-bond acceptors (Lipinski definition) is 3. The molecule has 0 saturated carbocycles. The lowest BCUT2D eigenvalue weighted by Gasteiger charge is -2.36. The van der Waals surface area contributed by atoms with E-state index in [1.807, 2.05) is 6.07 Å². The maximum Gasteiger partial charge on any atom is 0.120 e. The first-order chi connectivity index (χ1) is 11.3. The van der Waals surface area contributed by atoms with Crippen LogP contribution in [-0.2, 0) is 21.4 Å². The van der Waals surface area contributed by atoms with Gasteiger partial charge >= 0.3 is 0 Å². The number of aldehydes is 1. The second-order valence-corrected chi connectivity index (χ2v) is 8.12. The number of halogens is 1. The van der Waals surface area contributed by atoms with Crippen molar-refractivity contribution in [2.75, 3.05) is 20.3 Å². The number of hydrogen-bond donors (Lipinski definition) is 0. The van der Waals surface area contributed by atoms with Gasteiger partial charge in [-0.25, -0.2) is 0 Å². The van der Waals surface area contributed by atoms with E-state index in [-0.39, 0.29) is 11.0 Å². The number of likely N-dealkylation sites (N-methyl/N-ethyl adjacent to an activating group) is 1. The summed E-state index contributed by atoms with van der Waals surface area (Å²) in [5.41, 5.74) is 2.60. The zero-order valence-corrected chi connectivity index (χ0v) is 16.2. The fraction of sp³-hybridized carbons (Fsp3) is 0.650. The van der Waals surface area contributed by atoms with Crippen molar-refractivity contribution in [3.63, 3.8) is 0 Å². The average Bonchev–Trinajstić information content (AvgIpc) is 2.89. The molecule has 1 aliphatic rings. The minimum absolute atomic E-state index is 0.0231. The van der Waals surface area contributed by atoms with E-state index < -0.39 is 0 Å². The summed E-state index contributed by atoms with van der Waals surface area (Å²) >= 11 is 6.16. The molecule has 24 heavy (non-hydrogen) atoms. The molecule has 0 saturated heterocycles. The smallest absolute Gasteiger partial charge is 0.120 e. The summed E-state index contributed by atoms with van der Waals surface area (Å²) in [6, 6.07) is 6.20. The zero-order chi connectivity index (χ0) is 17.8. The van der Waals surface area contributed by atoms with Crippen LogP contribution < -0.4 is 0 Å². The maximum atomic E-state index is 11.0. The van der Waals surface area contributed by atoms with Crippen LogP contribution in [0.4, 0.5) is 0 Å². The molecule has 1 unspecified atom stereocenters. The molecule has 0 aliphatic heterocycles. The van der Waals surface area contributed by atoms with Gasteiger partial charge in [-0.3, -0.25) is 4.90 Å². The molecule has 1 aromatic rings. The van der Waals surface area contributed by atoms with Gasteiger partial charge in [0.25, 0.3) is 0 Å². The highest BCUT2D eigenvalue weighted by Gasteiger charge is 2.39. The maximum absolute atomic E-state index is 11.0. The van der Waals surface area contributed by atoms with Gasteiger partial charge in [0.1, 0.15) is 6.29 Å². The van der Waals surface area contributed by atoms with E-state index in [1.54, 1.807) is 0 Å². The number of nitrogens with zero attached hydrogens (tertiary/aromatic N) is 1. The Morgan fingerprint density at radius 3 is 2.83 bits per heavy atom. The highest BCUT2D eigenvalue weighted by atomic mass is 35.5. The lowest BCUT2D eigenvalue weighted by atomic mass is 9.77. The van der Waals surface area contributed by atoms with Crippen molar-refractivity contribution in [3.05, 3.63) is 34.3 Å². The Hall–Kier alpha value is -0.900. The third-order valence-corrected chi connectivity index (χ3v) is 5.59. The molecule has 0 spiro atoms. The first kappa shape index (κ1) is 19.4. The molecular formula is C20H30ClNO2. The highest BCUT2D eigenvalue weighted by molar-refractivity contribution is 6.30. The summed E-state index contributed by atoms with van der Waals surface area (Å²) in [6.07, 6.45) is 5.59. The quantitative estimate of drug-likeness (QED) is 0.481. The van der Waals surface area contributed by atoms with E-state index in [9.17, 15) is 4.79 Å². The van der Waals surface area contributed by atoms with Crippen LogP contribution in [0.15, 0.2) is 18.2 Å². The Labute approximate surface area is 151 Å². The van der Waals surface area contributed by atoms with Gasteiger partial charge in [0.2, 0.25) is 0 Å². The van der Waals surface area contributed by atoms with Gasteiger partial charge in [0.15, 0.2) is 0 Å². The van der Waals surface area contributed by atoms with E-state index in [0.29, 0.717) is 13.2 Å². The molecule has 2 rings (SSSR count). The Kier molecular flexibility index (Phi) is 6.46. The molecule has 1 aliphatic carbocycles. The first-order valence-corrected chi connectivity index (χ1v) is 9.25. The second kappa shape index (κ2) is 7.99. The number of carbonyl (C=O) groups excluding carboxylic acids is 1. The molecule has 0 N–H and O–H groups in total. The molecule has 0 radical (unpaired) electrons. The van der Waals surface area contributed by atoms with E-state index >= 15 is 0 Å². The Balaban J connectivity index is 2.14. The number of benzene rings is 1. The van der Waals surface area contributed by atoms with Gasteiger partial charge in [-0.2, -0.15) is 0 Å². The largest absolute Gasteiger partial charge is 0.360 e. The van der Waals surface area contributed by atoms with Crippen molar-refractivity contribution in [1.82, 2.24) is 4.90 Å². The normalized spacial score (nSPS) is 20.4. The molecule has 0 aromatic heterocycles. The first-order valence-electron chi connectivity index (χ1n) is 8.87. The van der Waals surface area contributed by atoms with Gasteiger partial charge in [-0.15, -0.1) is 0 Å². The van der Waals surface area contributed by atoms with E-state index in [1.165, 1.54) is 11.1 Å². The fourth-order valence-corrected chi connectivity index (χ4v) is 3.78. The van der Waals surface area contributed by atoms with Crippen LogP contribution in [0, 0.1) is 0 Å². The average molecular weight is 352 g/mol. The SMILES string of the molecule is CCC(C)(C)OCN(C)CC1(CCC=O)CCc2cc(Cl)ccc21. The number of rotatable bonds is 9. The molecule has 0 fully saturated rings. The van der Waals surface area contributed by atoms with Gasteiger partial charge in [0, 0.05) is 23.4 Å². The molecule has 0 heterocycles. The highest BCUT2D eigenvalue weighted by Crippen LogP contribution is 2.43. The van der Waals surface area contributed by atoms with Crippen LogP contribution in [-0.4, -0.2) is 37.1 Å². The van der Waals surface area contributed by atoms with E-state index in [4.69, 9.17) is 16.3 Å². The Morgan fingerprint density at radius 1 is 1.42 bits per heavy atom. The third-order valence-electron chi connectivity index (χ3n) is 5.35. The summed E-state index contributed by atoms with van der Waals surface area (Å²) in [5.74, 6) is 0. The van der Waals surface area contributed by atoms with Crippen molar-refractivity contribution in [2.45, 2.75) is 63.9 Å². The van der Waals surface area contributed by atoms with Crippen LogP contribution in [0.2, 0.25) is 5.02 Å². The number of carbonyl (C=O) groups is 1. The van der Waals surface area contributed by atoms with Crippen LogP contribution >= 0.6 is 11.6 Å². The minimum atomic E-state index is -0.106. The molecule has 4 heteroatoms. The van der Waals surface area contributed by atoms with Crippen molar-refractivity contribution in [1.29, 1.82) is 0 Å². The van der Waals surface area contributed by atoms with E-state index in [2.05, 4.69) is 44.9 Å². The van der Waals surface area contributed by atoms with Crippen LogP contribution in [0.5, 0.6) is 0 Å². The topological polar surface area (TPSA) is 29.5 Å². The fourth-order valence-electron chi connectivity index (χ4n) is 3.58. The van der Waals surface area contributed by atoms with Gasteiger partial charge < -0.3 is 9.53 Å². The monoisotopic (exact) mass is 351 g/mol. The minimum Gasteiger partial charge on any atom is -0.360 e. The molecule has 1 atom stereocenters. The van der Waals surface area contributed by atoms with Gasteiger partial charge in [-0.05, 0) is 69.8 Å². The Morgan fingerprint density at radius 2 is 2.17 bits per heavy atom. The van der Waals surface area contributed by atoms with Crippen LogP contribution in [0.25, 0.3) is 0 Å². The summed E-state index contributed by atoms with van der Waals surface area (Å²) in [7, 11) is 2.10. The summed E-state index contributed by atoms with van der Waals surface area (Å²) in [5, 5.41) is 0.793. The lowest BCUT2D eigenvalue weighted by molar-refractivity contribution is -0.108. The van der Waals surface area contributed by atoms with Gasteiger partial charge in [0.05, 0.1) is 12.3 Å². The van der Waals surface area contributed by atoms with Crippen molar-refractivity contribution in [3.8, 4) is 0 Å². The summed E-state index contributed by atoms with van der Waals surface area (Å²) in [6.45, 7) is 7.89. The number of ether oxygens (including phenoxy) is 1. The van der Waals surface area contributed by atoms with Crippen molar-refractivity contribution in [2.24, 2.45) is 0 Å². The number of fused-ring (bicyclic) bond motifs is 1. The number of aryl methyl sites for hydroxylation is 1. The van der Waals surface area contributed by atoms with Crippen molar-refractivity contribution >= 4 is 17.9 Å². The van der Waals surface area contributed by atoms with Gasteiger partial charge in [-0.1, -0.05) is 24.6 Å². The zero-order valence-electron chi connectivity index (χ0n) is 15.4. The molecule has 0 bridgehead atoms. The molecule has 0 amide bonds. The standard InChI is InChI=1S/C20H30ClNO2/c1-5-19(2,3)24-15-22(4)14-20(10-6-12-23)11-9-16-13-17(21)7-8-18(16)20/h7-8,12-13H,5-6,9-11,14-15H2,1-4H3.